The Balaban J connectivity index is 3.45. The summed E-state index contributed by atoms with van der Waals surface area (Å²) in [5, 5.41) is 9.55. The second-order valence-corrected chi connectivity index (χ2v) is 12.3. The van der Waals surface area contributed by atoms with Gasteiger partial charge in [0, 0.05) is 13.0 Å². The van der Waals surface area contributed by atoms with Crippen LogP contribution < -0.4 is 0 Å². The largest absolute Gasteiger partial charge is 0.457 e. The molecule has 0 aliphatic heterocycles. The van der Waals surface area contributed by atoms with Gasteiger partial charge < -0.3 is 14.6 Å². The van der Waals surface area contributed by atoms with E-state index in [-0.39, 0.29) is 12.6 Å². The summed E-state index contributed by atoms with van der Waals surface area (Å²) in [4.78, 5) is 12.1. The van der Waals surface area contributed by atoms with Crippen LogP contribution in [0.3, 0.4) is 0 Å². The molecule has 0 aliphatic carbocycles. The predicted octanol–water partition coefficient (Wildman–Crippen LogP) is 11.8. The first-order valence-electron chi connectivity index (χ1n) is 18.6. The Kier molecular flexibility index (Phi) is 35.6. The normalized spacial score (nSPS) is 12.7. The Morgan fingerprint density at radius 3 is 1.58 bits per heavy atom. The molecule has 0 unspecified atom stereocenters. The van der Waals surface area contributed by atoms with Crippen LogP contribution in [0.15, 0.2) is 36.5 Å². The molecular weight excluding hydrogens is 532 g/mol. The Labute approximate surface area is 268 Å². The van der Waals surface area contributed by atoms with Crippen molar-refractivity contribution in [3.63, 3.8) is 0 Å². The highest BCUT2D eigenvalue weighted by Gasteiger charge is 2.13. The Morgan fingerprint density at radius 1 is 0.581 bits per heavy atom. The van der Waals surface area contributed by atoms with Crippen molar-refractivity contribution < 1.29 is 19.4 Å². The molecule has 43 heavy (non-hydrogen) atoms. The zero-order chi connectivity index (χ0) is 31.3. The highest BCUT2D eigenvalue weighted by atomic mass is 16.6. The van der Waals surface area contributed by atoms with Crippen molar-refractivity contribution in [1.82, 2.24) is 0 Å². The molecule has 0 saturated heterocycles. The van der Waals surface area contributed by atoms with Gasteiger partial charge in [-0.3, -0.25) is 4.79 Å². The molecular formula is C39H72O4. The van der Waals surface area contributed by atoms with E-state index in [0.717, 1.165) is 51.4 Å². The number of carbonyl (C=O) groups is 1. The molecule has 0 heterocycles. The molecule has 0 rings (SSSR count). The zero-order valence-corrected chi connectivity index (χ0v) is 28.7. The molecule has 4 nitrogen and oxygen atoms in total. The minimum atomic E-state index is -0.539. The summed E-state index contributed by atoms with van der Waals surface area (Å²) in [6, 6.07) is 0. The van der Waals surface area contributed by atoms with Gasteiger partial charge in [0.2, 0.25) is 0 Å². The second-order valence-electron chi connectivity index (χ2n) is 12.3. The Bertz CT molecular complexity index is 639. The second kappa shape index (κ2) is 36.8. The minimum absolute atomic E-state index is 0.177. The molecule has 0 aromatic heterocycles. The van der Waals surface area contributed by atoms with Gasteiger partial charge >= 0.3 is 5.97 Å². The minimum Gasteiger partial charge on any atom is -0.457 e. The summed E-state index contributed by atoms with van der Waals surface area (Å²) in [7, 11) is 0. The molecule has 252 valence electrons. The van der Waals surface area contributed by atoms with E-state index in [4.69, 9.17) is 9.47 Å². The fraction of sp³-hybridized carbons (Fsp3) is 0.821. The molecule has 0 bridgehead atoms. The van der Waals surface area contributed by atoms with Crippen LogP contribution in [0.1, 0.15) is 181 Å². The molecule has 0 amide bonds. The molecule has 0 spiro atoms. The third-order valence-electron chi connectivity index (χ3n) is 7.98. The van der Waals surface area contributed by atoms with Crippen LogP contribution in [-0.4, -0.2) is 37.0 Å². The number of ether oxygens (including phenoxy) is 2. The van der Waals surface area contributed by atoms with Crippen molar-refractivity contribution in [3.05, 3.63) is 36.5 Å². The number of rotatable bonds is 34. The van der Waals surface area contributed by atoms with Crippen LogP contribution in [0.4, 0.5) is 0 Å². The van der Waals surface area contributed by atoms with Crippen LogP contribution in [0.2, 0.25) is 0 Å². The van der Waals surface area contributed by atoms with Crippen molar-refractivity contribution in [3.8, 4) is 0 Å². The highest BCUT2D eigenvalue weighted by Crippen LogP contribution is 2.14. The average Bonchev–Trinajstić information content (AvgIpc) is 3.01. The number of esters is 1. The first kappa shape index (κ1) is 41.6. The maximum atomic E-state index is 12.1. The number of carbonyl (C=O) groups excluding carboxylic acids is 1. The van der Waals surface area contributed by atoms with Gasteiger partial charge in [-0.15, -0.1) is 0 Å². The molecule has 0 fully saturated rings. The average molecular weight is 605 g/mol. The number of aliphatic hydroxyl groups is 1. The first-order valence-corrected chi connectivity index (χ1v) is 18.6. The maximum Gasteiger partial charge on any atom is 0.306 e. The van der Waals surface area contributed by atoms with Gasteiger partial charge in [-0.1, -0.05) is 166 Å². The number of hydrogen-bond acceptors (Lipinski definition) is 4. The van der Waals surface area contributed by atoms with Crippen molar-refractivity contribution in [2.45, 2.75) is 187 Å². The third kappa shape index (κ3) is 35.0. The van der Waals surface area contributed by atoms with Gasteiger partial charge in [-0.05, 0) is 44.9 Å². The van der Waals surface area contributed by atoms with Crippen LogP contribution >= 0.6 is 0 Å². The van der Waals surface area contributed by atoms with E-state index in [0.29, 0.717) is 19.6 Å². The summed E-state index contributed by atoms with van der Waals surface area (Å²) in [6.45, 7) is 5.23. The van der Waals surface area contributed by atoms with E-state index >= 15 is 0 Å². The lowest BCUT2D eigenvalue weighted by Gasteiger charge is -2.15. The highest BCUT2D eigenvalue weighted by molar-refractivity contribution is 5.69. The zero-order valence-electron chi connectivity index (χ0n) is 28.7. The molecule has 0 radical (unpaired) electrons. The molecule has 4 heteroatoms. The van der Waals surface area contributed by atoms with Crippen molar-refractivity contribution >= 4 is 5.97 Å². The number of hydrogen-bond donors (Lipinski definition) is 1. The monoisotopic (exact) mass is 605 g/mol. The fourth-order valence-electron chi connectivity index (χ4n) is 5.22. The molecule has 0 saturated carbocycles. The number of unbranched alkanes of at least 4 members (excludes halogenated alkanes) is 20. The van der Waals surface area contributed by atoms with Crippen molar-refractivity contribution in [2.75, 3.05) is 19.8 Å². The van der Waals surface area contributed by atoms with Gasteiger partial charge in [-0.2, -0.15) is 0 Å². The molecule has 0 aromatic rings. The quantitative estimate of drug-likeness (QED) is 0.0451. The smallest absolute Gasteiger partial charge is 0.306 e. The summed E-state index contributed by atoms with van der Waals surface area (Å²) in [6.07, 6.45) is 44.7. The van der Waals surface area contributed by atoms with Gasteiger partial charge in [0.15, 0.2) is 0 Å². The van der Waals surface area contributed by atoms with Crippen LogP contribution in [-0.2, 0) is 14.3 Å². The number of aliphatic hydroxyl groups excluding tert-OH is 1. The summed E-state index contributed by atoms with van der Waals surface area (Å²) >= 11 is 0. The van der Waals surface area contributed by atoms with Gasteiger partial charge in [0.25, 0.3) is 0 Å². The van der Waals surface area contributed by atoms with Crippen molar-refractivity contribution in [1.29, 1.82) is 0 Å². The van der Waals surface area contributed by atoms with Crippen LogP contribution in [0, 0.1) is 0 Å². The van der Waals surface area contributed by atoms with Crippen LogP contribution in [0.25, 0.3) is 0 Å². The van der Waals surface area contributed by atoms with E-state index in [1.165, 1.54) is 109 Å². The van der Waals surface area contributed by atoms with Crippen LogP contribution in [0.5, 0.6) is 0 Å². The Hall–Kier alpha value is -1.39. The van der Waals surface area contributed by atoms with E-state index in [1.54, 1.807) is 0 Å². The lowest BCUT2D eigenvalue weighted by molar-refractivity contribution is -0.154. The summed E-state index contributed by atoms with van der Waals surface area (Å²) < 4.78 is 11.1. The molecule has 1 atom stereocenters. The molecule has 0 aromatic carbocycles. The Morgan fingerprint density at radius 2 is 1.05 bits per heavy atom. The maximum absolute atomic E-state index is 12.1. The summed E-state index contributed by atoms with van der Waals surface area (Å²) in [5.41, 5.74) is 0. The molecule has 1 N–H and O–H groups in total. The third-order valence-corrected chi connectivity index (χ3v) is 7.98. The summed E-state index contributed by atoms with van der Waals surface area (Å²) in [5.74, 6) is -0.216. The topological polar surface area (TPSA) is 55.8 Å². The standard InChI is InChI=1S/C39H72O4/c1-3-5-7-9-11-13-15-17-19-21-23-25-27-29-31-33-35-42-37-38(36-40)43-39(41)34-32-30-28-26-24-22-20-18-16-14-12-10-8-6-4-2/h6,8,12,14,18,20,38,40H,3-5,7,9-11,13,15-17,19,21-37H2,1-2H3/b8-6-,14-12-,20-18-/t38-/m1/s1. The fourth-order valence-corrected chi connectivity index (χ4v) is 5.22. The lowest BCUT2D eigenvalue weighted by atomic mass is 10.0. The predicted molar refractivity (Wildman–Crippen MR) is 187 cm³/mol. The van der Waals surface area contributed by atoms with E-state index < -0.39 is 6.10 Å². The van der Waals surface area contributed by atoms with Gasteiger partial charge in [-0.25, -0.2) is 0 Å². The van der Waals surface area contributed by atoms with Crippen molar-refractivity contribution in [2.24, 2.45) is 0 Å². The van der Waals surface area contributed by atoms with E-state index in [1.807, 2.05) is 0 Å². The SMILES string of the molecule is CC/C=C\C/C=C\C/C=C\CCCCCCCC(=O)O[C@H](CO)COCCCCCCCCCCCCCCCCCC. The first-order chi connectivity index (χ1) is 21.2. The lowest BCUT2D eigenvalue weighted by Crippen LogP contribution is -2.27. The molecule has 0 aliphatic rings. The van der Waals surface area contributed by atoms with E-state index in [2.05, 4.69) is 50.3 Å². The van der Waals surface area contributed by atoms with Gasteiger partial charge in [0.1, 0.15) is 6.10 Å². The van der Waals surface area contributed by atoms with Gasteiger partial charge in [0.05, 0.1) is 13.2 Å². The van der Waals surface area contributed by atoms with E-state index in [9.17, 15) is 9.90 Å². The number of allylic oxidation sites excluding steroid dienone is 6.